The summed E-state index contributed by atoms with van der Waals surface area (Å²) in [5.74, 6) is -6.39. The molecule has 0 spiro atoms. The molecule has 0 fully saturated rings. The number of hydrogen-bond acceptors (Lipinski definition) is 11. The molecule has 21 nitrogen and oxygen atoms in total. The Labute approximate surface area is 445 Å². The zero-order valence-electron chi connectivity index (χ0n) is 46.3. The Morgan fingerprint density at radius 3 is 2.00 bits per heavy atom. The summed E-state index contributed by atoms with van der Waals surface area (Å²) in [5, 5.41) is 30.2. The summed E-state index contributed by atoms with van der Waals surface area (Å²) >= 11 is 0. The first kappa shape index (κ1) is 63.0. The molecule has 0 saturated carbocycles. The second-order valence-electron chi connectivity index (χ2n) is 21.9. The van der Waals surface area contributed by atoms with Gasteiger partial charge in [0.1, 0.15) is 24.7 Å². The van der Waals surface area contributed by atoms with Crippen molar-refractivity contribution in [1.82, 2.24) is 30.3 Å². The maximum atomic E-state index is 15.2. The molecule has 0 aliphatic carbocycles. The molecule has 0 aliphatic heterocycles. The van der Waals surface area contributed by atoms with Gasteiger partial charge in [-0.1, -0.05) is 98.7 Å². The van der Waals surface area contributed by atoms with E-state index in [4.69, 9.17) is 21.3 Å². The van der Waals surface area contributed by atoms with Crippen LogP contribution in [0.4, 0.5) is 15.3 Å². The summed E-state index contributed by atoms with van der Waals surface area (Å²) in [4.78, 5) is 121. The van der Waals surface area contributed by atoms with Crippen molar-refractivity contribution in [2.45, 2.75) is 144 Å². The first-order chi connectivity index (χ1) is 35.3. The van der Waals surface area contributed by atoms with Gasteiger partial charge < -0.3 is 57.2 Å². The number of anilines is 1. The quantitative estimate of drug-likeness (QED) is 0.0349. The van der Waals surface area contributed by atoms with Crippen LogP contribution in [-0.2, 0) is 57.4 Å². The smallest absolute Gasteiger partial charge is 0.410 e. The standard InChI is InChI=1S/C55H81N9O12/c1-31(2)41(27-33(5)47(68)60-39(51(72)73)24-25-43(66)67)63(12)50(71)45(54(6,7)8)61-49(70)46(55(9,10)38-29-62(11)40-19-15-14-18-37(38)40)64(13)53(75)76-30-34-20-22-36(23-21-34)59-48(69)35(17-16-26-58-52(57)74)28-42(65)44(56)32(3)4/h14-15,18-23,27,29,31-32,35,39,41,44-46H,16-17,24-26,28,30,56H2,1-13H3,(H,59,69)(H,60,68)(H,61,70)(H,66,67)(H,72,73)(H3,57,58,74)/b33-27+/t35-,39-,41-,44?,45-,46-/m1/s1. The molecular formula is C55H81N9O12. The summed E-state index contributed by atoms with van der Waals surface area (Å²) < 4.78 is 7.77. The van der Waals surface area contributed by atoms with Gasteiger partial charge in [-0.25, -0.2) is 14.4 Å². The number of carboxylic acids is 2. The zero-order chi connectivity index (χ0) is 57.6. The highest BCUT2D eigenvalue weighted by atomic mass is 16.6. The van der Waals surface area contributed by atoms with Crippen LogP contribution in [-0.4, -0.2) is 129 Å². The third kappa shape index (κ3) is 17.4. The molecule has 2 aromatic carbocycles. The third-order valence-corrected chi connectivity index (χ3v) is 13.6. The topological polar surface area (TPSA) is 315 Å². The van der Waals surface area contributed by atoms with Crippen molar-refractivity contribution in [3.63, 3.8) is 0 Å². The van der Waals surface area contributed by atoms with E-state index in [1.807, 2.05) is 83.6 Å². The lowest BCUT2D eigenvalue weighted by Crippen LogP contribution is -2.63. The average molecular weight is 1060 g/mol. The summed E-state index contributed by atoms with van der Waals surface area (Å²) in [6.45, 7) is 17.7. The summed E-state index contributed by atoms with van der Waals surface area (Å²) in [6.07, 6.45) is 2.32. The fraction of sp³-hybridized carbons (Fsp3) is 0.545. The lowest BCUT2D eigenvalue weighted by atomic mass is 9.76. The number of nitrogens with one attached hydrogen (secondary N) is 4. The molecule has 76 heavy (non-hydrogen) atoms. The number of carbonyl (C=O) groups excluding carboxylic acids is 7. The SMILES string of the molecule is C/C(=C\[C@H](C(C)C)N(C)C(=O)[C@@H](NC(=O)[C@@H](N(C)C(=O)OCc1ccc(NC(=O)[C@H](CCCNC(N)=O)CC(=O)C(N)C(C)C)cc1)C(C)(C)c1cn(C)c2ccccc12)C(C)(C)C)C(=O)N[C@H](CCC(=O)O)C(=O)O. The minimum Gasteiger partial charge on any atom is -0.481 e. The molecule has 21 heteroatoms. The predicted molar refractivity (Wildman–Crippen MR) is 288 cm³/mol. The van der Waals surface area contributed by atoms with E-state index in [1.165, 1.54) is 36.9 Å². The highest BCUT2D eigenvalue weighted by Gasteiger charge is 2.46. The molecule has 1 heterocycles. The fourth-order valence-electron chi connectivity index (χ4n) is 9.01. The van der Waals surface area contributed by atoms with Crippen molar-refractivity contribution in [3.05, 3.63) is 77.5 Å². The van der Waals surface area contributed by atoms with Gasteiger partial charge in [0.05, 0.1) is 12.1 Å². The Bertz CT molecular complexity index is 2600. The Kier molecular flexibility index (Phi) is 22.8. The molecular weight excluding hydrogens is 979 g/mol. The number of benzene rings is 2. The van der Waals surface area contributed by atoms with Crippen molar-refractivity contribution in [2.75, 3.05) is 26.0 Å². The number of para-hydroxylation sites is 1. The second kappa shape index (κ2) is 27.5. The molecule has 3 rings (SSSR count). The number of rotatable bonds is 27. The first-order valence-electron chi connectivity index (χ1n) is 25.5. The number of aryl methyl sites for hydroxylation is 1. The number of nitrogens with two attached hydrogens (primary N) is 2. The van der Waals surface area contributed by atoms with Gasteiger partial charge in [0.15, 0.2) is 5.78 Å². The number of aromatic nitrogens is 1. The molecule has 10 N–H and O–H groups in total. The maximum absolute atomic E-state index is 15.2. The number of aliphatic carboxylic acids is 2. The normalized spacial score (nSPS) is 14.4. The average Bonchev–Trinajstić information content (AvgIpc) is 3.69. The monoisotopic (exact) mass is 1060 g/mol. The number of ketones is 1. The van der Waals surface area contributed by atoms with Gasteiger partial charge in [0.2, 0.25) is 23.6 Å². The van der Waals surface area contributed by atoms with E-state index < -0.39 is 101 Å². The zero-order valence-corrected chi connectivity index (χ0v) is 46.3. The van der Waals surface area contributed by atoms with Crippen LogP contribution >= 0.6 is 0 Å². The van der Waals surface area contributed by atoms with Crippen molar-refractivity contribution in [1.29, 1.82) is 0 Å². The van der Waals surface area contributed by atoms with Crippen LogP contribution in [0.25, 0.3) is 10.9 Å². The summed E-state index contributed by atoms with van der Waals surface area (Å²) in [5.41, 5.74) is 11.9. The lowest BCUT2D eigenvalue weighted by Gasteiger charge is -2.42. The number of amides is 7. The highest BCUT2D eigenvalue weighted by molar-refractivity contribution is 5.98. The number of fused-ring (bicyclic) bond motifs is 1. The number of Topliss-reactive ketones (excluding diaryl/α,β-unsaturated/α-hetero) is 1. The van der Waals surface area contributed by atoms with Crippen LogP contribution in [0, 0.1) is 23.2 Å². The molecule has 0 aliphatic rings. The molecule has 3 aromatic rings. The number of primary amides is 1. The van der Waals surface area contributed by atoms with E-state index >= 15 is 4.79 Å². The molecule has 1 unspecified atom stereocenters. The van der Waals surface area contributed by atoms with Crippen LogP contribution < -0.4 is 32.7 Å². The van der Waals surface area contributed by atoms with E-state index in [0.717, 1.165) is 16.5 Å². The first-order valence-corrected chi connectivity index (χ1v) is 25.5. The fourth-order valence-corrected chi connectivity index (χ4v) is 9.01. The Balaban J connectivity index is 1.94. The van der Waals surface area contributed by atoms with Gasteiger partial charge in [-0.15, -0.1) is 0 Å². The van der Waals surface area contributed by atoms with Crippen molar-refractivity contribution in [2.24, 2.45) is 41.7 Å². The Morgan fingerprint density at radius 1 is 0.829 bits per heavy atom. The molecule has 0 saturated heterocycles. The number of ether oxygens (including phenoxy) is 1. The third-order valence-electron chi connectivity index (χ3n) is 13.6. The number of hydrogen-bond donors (Lipinski definition) is 8. The van der Waals surface area contributed by atoms with Gasteiger partial charge in [0, 0.05) is 80.2 Å². The predicted octanol–water partition coefficient (Wildman–Crippen LogP) is 5.43. The van der Waals surface area contributed by atoms with Crippen LogP contribution in [0.5, 0.6) is 0 Å². The van der Waals surface area contributed by atoms with E-state index in [2.05, 4.69) is 21.3 Å². The molecule has 7 amide bonds. The highest BCUT2D eigenvalue weighted by Crippen LogP contribution is 2.37. The Morgan fingerprint density at radius 2 is 1.45 bits per heavy atom. The van der Waals surface area contributed by atoms with Crippen molar-refractivity contribution >= 4 is 70.1 Å². The number of carboxylic acid groups (broad SMARTS) is 2. The lowest BCUT2D eigenvalue weighted by molar-refractivity contribution is -0.142. The van der Waals surface area contributed by atoms with Crippen LogP contribution in [0.3, 0.4) is 0 Å². The van der Waals surface area contributed by atoms with Gasteiger partial charge in [-0.2, -0.15) is 0 Å². The number of urea groups is 1. The van der Waals surface area contributed by atoms with Crippen LogP contribution in [0.2, 0.25) is 0 Å². The van der Waals surface area contributed by atoms with Crippen molar-refractivity contribution in [3.8, 4) is 0 Å². The van der Waals surface area contributed by atoms with E-state index in [-0.39, 0.29) is 55.6 Å². The second-order valence-corrected chi connectivity index (χ2v) is 21.9. The molecule has 1 aromatic heterocycles. The van der Waals surface area contributed by atoms with Gasteiger partial charge in [-0.3, -0.25) is 33.7 Å². The molecule has 0 radical (unpaired) electrons. The van der Waals surface area contributed by atoms with Crippen molar-refractivity contribution < 1.29 is 58.1 Å². The molecule has 0 bridgehead atoms. The minimum atomic E-state index is -1.46. The van der Waals surface area contributed by atoms with E-state index in [1.54, 1.807) is 45.0 Å². The minimum absolute atomic E-state index is 0.0846. The summed E-state index contributed by atoms with van der Waals surface area (Å²) in [6, 6.07) is 8.04. The molecule has 418 valence electrons. The number of likely N-dealkylation sites (N-methyl/N-ethyl adjacent to an activating group) is 2. The van der Waals surface area contributed by atoms with Crippen LogP contribution in [0.15, 0.2) is 66.4 Å². The summed E-state index contributed by atoms with van der Waals surface area (Å²) in [7, 11) is 4.86. The Hall–Kier alpha value is -7.29. The van der Waals surface area contributed by atoms with Crippen LogP contribution in [0.1, 0.15) is 112 Å². The number of carbonyl (C=O) groups is 9. The maximum Gasteiger partial charge on any atom is 0.410 e. The molecule has 6 atom stereocenters. The van der Waals surface area contributed by atoms with E-state index in [0.29, 0.717) is 17.7 Å². The van der Waals surface area contributed by atoms with Gasteiger partial charge >= 0.3 is 24.1 Å². The number of nitrogens with zero attached hydrogens (tertiary/aromatic N) is 3. The van der Waals surface area contributed by atoms with Gasteiger partial charge in [0.25, 0.3) is 0 Å². The van der Waals surface area contributed by atoms with E-state index in [9.17, 15) is 43.5 Å². The largest absolute Gasteiger partial charge is 0.481 e. The van der Waals surface area contributed by atoms with Gasteiger partial charge in [-0.05, 0) is 72.8 Å².